The minimum absolute atomic E-state index is 0. The van der Waals surface area contributed by atoms with Crippen LogP contribution in [0, 0.1) is 0 Å². The van der Waals surface area contributed by atoms with Crippen LogP contribution >= 0.6 is 0 Å². The van der Waals surface area contributed by atoms with Gasteiger partial charge in [0.1, 0.15) is 0 Å². The number of hydrogen-bond acceptors (Lipinski definition) is 1. The Hall–Kier alpha value is 0.314. The molecule has 0 radical (unpaired) electrons. The van der Waals surface area contributed by atoms with Gasteiger partial charge in [0.2, 0.25) is 0 Å². The predicted molar refractivity (Wildman–Crippen MR) is 64.5 cm³/mol. The maximum Gasteiger partial charge on any atom is -1.00 e. The molecule has 1 nitrogen and oxygen atoms in total. The summed E-state index contributed by atoms with van der Waals surface area (Å²) in [6.07, 6.45) is 0. The molecule has 0 aliphatic heterocycles. The fourth-order valence-corrected chi connectivity index (χ4v) is 1.95. The normalized spacial score (nSPS) is 11.3. The summed E-state index contributed by atoms with van der Waals surface area (Å²) in [5, 5.41) is 0. The molecule has 1 rings (SSSR count). The van der Waals surface area contributed by atoms with E-state index in [0.29, 0.717) is 0 Å². The third kappa shape index (κ3) is 5.13. The van der Waals surface area contributed by atoms with Gasteiger partial charge in [0.05, 0.1) is 0 Å². The third-order valence-electron chi connectivity index (χ3n) is 2.76. The monoisotopic (exact) mass is 323 g/mol. The molecule has 4 heteroatoms. The van der Waals surface area contributed by atoms with Crippen molar-refractivity contribution >= 4 is 0 Å². The number of halogens is 2. The molecule has 0 atom stereocenters. The van der Waals surface area contributed by atoms with E-state index in [2.05, 4.69) is 59.7 Å². The van der Waals surface area contributed by atoms with Gasteiger partial charge in [-0.2, -0.15) is 0 Å². The van der Waals surface area contributed by atoms with Crippen molar-refractivity contribution in [1.29, 1.82) is 0 Å². The molecule has 0 bridgehead atoms. The van der Waals surface area contributed by atoms with E-state index in [-0.39, 0.29) is 35.6 Å². The average Bonchev–Trinajstić information content (AvgIpc) is 2.14. The smallest absolute Gasteiger partial charge is 1.00 e. The van der Waals surface area contributed by atoms with Gasteiger partial charge >= 0.3 is 112 Å². The molecule has 0 heterocycles. The zero-order valence-electron chi connectivity index (χ0n) is 11.9. The Kier molecular flexibility index (Phi) is 8.24. The second-order valence-electron chi connectivity index (χ2n) is 6.31. The van der Waals surface area contributed by atoms with Gasteiger partial charge in [-0.15, -0.1) is 0 Å². The van der Waals surface area contributed by atoms with Crippen LogP contribution in [0.15, 0.2) is 18.2 Å². The van der Waals surface area contributed by atoms with Crippen molar-refractivity contribution < 1.29 is 49.0 Å². The van der Waals surface area contributed by atoms with Gasteiger partial charge in [-0.1, -0.05) is 0 Å². The van der Waals surface area contributed by atoms with E-state index in [0.717, 1.165) is 5.75 Å². The van der Waals surface area contributed by atoms with Crippen molar-refractivity contribution in [3.05, 3.63) is 29.3 Å². The first kappa shape index (κ1) is 20.6. The molecular formula is C14H21Cl2OTi. The summed E-state index contributed by atoms with van der Waals surface area (Å²) in [7, 11) is 0. The van der Waals surface area contributed by atoms with Gasteiger partial charge in [0, 0.05) is 0 Å². The van der Waals surface area contributed by atoms with Crippen molar-refractivity contribution in [3.8, 4) is 5.75 Å². The van der Waals surface area contributed by atoms with Gasteiger partial charge in [0.25, 0.3) is 0 Å². The zero-order valence-corrected chi connectivity index (χ0v) is 15.0. The standard InChI is InChI=1S/C14H22O.2ClH.Ti/c1-13(2,3)10-7-8-12(15)11(9-10)14(4,5)6;;;/h7-9,15H,1-6H3;2*1H;/q;;;+3/p-3. The van der Waals surface area contributed by atoms with Crippen LogP contribution in [0.25, 0.3) is 0 Å². The van der Waals surface area contributed by atoms with Crippen LogP contribution < -0.4 is 28.1 Å². The molecule has 18 heavy (non-hydrogen) atoms. The van der Waals surface area contributed by atoms with E-state index in [1.165, 1.54) is 11.1 Å². The topological polar surface area (TPSA) is 9.23 Å². The molecule has 0 aromatic heterocycles. The first-order valence-corrected chi connectivity index (χ1v) is 6.28. The van der Waals surface area contributed by atoms with Crippen molar-refractivity contribution in [2.45, 2.75) is 52.4 Å². The quantitative estimate of drug-likeness (QED) is 0.550. The fourth-order valence-electron chi connectivity index (χ4n) is 1.67. The van der Waals surface area contributed by atoms with Gasteiger partial charge in [-0.05, 0) is 0 Å². The Morgan fingerprint density at radius 2 is 1.39 bits per heavy atom. The molecule has 0 saturated heterocycles. The van der Waals surface area contributed by atoms with E-state index in [1.807, 2.05) is 0 Å². The number of benzene rings is 1. The van der Waals surface area contributed by atoms with E-state index in [1.54, 1.807) is 20.8 Å². The molecule has 101 valence electrons. The molecular weight excluding hydrogens is 303 g/mol. The molecule has 0 amide bonds. The summed E-state index contributed by atoms with van der Waals surface area (Å²) in [5.74, 6) is 0.987. The molecule has 0 unspecified atom stereocenters. The summed E-state index contributed by atoms with van der Waals surface area (Å²) < 4.78 is 5.44. The molecule has 1 aromatic carbocycles. The number of rotatable bonds is 1. The average molecular weight is 324 g/mol. The zero-order chi connectivity index (χ0) is 12.6. The minimum Gasteiger partial charge on any atom is -1.00 e. The van der Waals surface area contributed by atoms with Crippen molar-refractivity contribution in [2.75, 3.05) is 0 Å². The number of hydrogen-bond donors (Lipinski definition) is 0. The summed E-state index contributed by atoms with van der Waals surface area (Å²) in [6, 6.07) is 6.52. The van der Waals surface area contributed by atoms with Crippen molar-refractivity contribution in [2.24, 2.45) is 0 Å². The second-order valence-corrected chi connectivity index (χ2v) is 6.63. The Bertz CT molecular complexity index is 378. The Morgan fingerprint density at radius 1 is 0.889 bits per heavy atom. The van der Waals surface area contributed by atoms with Crippen molar-refractivity contribution in [3.63, 3.8) is 0 Å². The van der Waals surface area contributed by atoms with Crippen LogP contribution in [0.1, 0.15) is 52.7 Å². The van der Waals surface area contributed by atoms with Crippen LogP contribution in [-0.4, -0.2) is 0 Å². The SMILES string of the molecule is CC(C)(C)c1ccc([O][Ti+2])c(C(C)(C)C)c1.[Cl-].[Cl-]. The molecule has 0 spiro atoms. The molecule has 0 N–H and O–H groups in total. The summed E-state index contributed by atoms with van der Waals surface area (Å²) in [5.41, 5.74) is 2.94. The van der Waals surface area contributed by atoms with Crippen LogP contribution in [0.4, 0.5) is 0 Å². The largest absolute Gasteiger partial charge is 1.00 e. The summed E-state index contributed by atoms with van der Waals surface area (Å²) in [4.78, 5) is 0. The molecule has 0 aliphatic rings. The molecule has 1 aromatic rings. The van der Waals surface area contributed by atoms with Gasteiger partial charge in [-0.3, -0.25) is 0 Å². The fraction of sp³-hybridized carbons (Fsp3) is 0.571. The Morgan fingerprint density at radius 3 is 1.72 bits per heavy atom. The first-order chi connectivity index (χ1) is 7.16. The van der Waals surface area contributed by atoms with Crippen LogP contribution in [0.2, 0.25) is 0 Å². The van der Waals surface area contributed by atoms with Crippen LogP contribution in [0.3, 0.4) is 0 Å². The first-order valence-electron chi connectivity index (χ1n) is 5.65. The Balaban J connectivity index is 0. The molecule has 0 aliphatic carbocycles. The summed E-state index contributed by atoms with van der Waals surface area (Å²) in [6.45, 7) is 13.4. The third-order valence-corrected chi connectivity index (χ3v) is 3.11. The minimum atomic E-state index is 0. The van der Waals surface area contributed by atoms with E-state index >= 15 is 0 Å². The van der Waals surface area contributed by atoms with Crippen LogP contribution in [-0.2, 0) is 31.7 Å². The van der Waals surface area contributed by atoms with E-state index < -0.39 is 0 Å². The maximum absolute atomic E-state index is 5.44. The molecule has 0 fully saturated rings. The van der Waals surface area contributed by atoms with Crippen LogP contribution in [0.5, 0.6) is 5.75 Å². The summed E-state index contributed by atoms with van der Waals surface area (Å²) >= 11 is 1.74. The second kappa shape index (κ2) is 7.19. The predicted octanol–water partition coefficient (Wildman–Crippen LogP) is -1.87. The van der Waals surface area contributed by atoms with Crippen molar-refractivity contribution in [1.82, 2.24) is 0 Å². The van der Waals surface area contributed by atoms with E-state index in [9.17, 15) is 0 Å². The maximum atomic E-state index is 5.44. The van der Waals surface area contributed by atoms with E-state index in [4.69, 9.17) is 3.32 Å². The van der Waals surface area contributed by atoms with Gasteiger partial charge < -0.3 is 24.8 Å². The Labute approximate surface area is 136 Å². The molecule has 0 saturated carbocycles. The van der Waals surface area contributed by atoms with Gasteiger partial charge in [-0.25, -0.2) is 0 Å². The van der Waals surface area contributed by atoms with Gasteiger partial charge in [0.15, 0.2) is 0 Å².